The van der Waals surface area contributed by atoms with E-state index in [-0.39, 0.29) is 23.7 Å². The lowest BCUT2D eigenvalue weighted by molar-refractivity contribution is -0.436. The van der Waals surface area contributed by atoms with Gasteiger partial charge in [0.25, 0.3) is 0 Å². The number of anilines is 1. The van der Waals surface area contributed by atoms with Crippen molar-refractivity contribution >= 4 is 29.0 Å². The van der Waals surface area contributed by atoms with Crippen molar-refractivity contribution in [2.24, 2.45) is 0 Å². The zero-order valence-electron chi connectivity index (χ0n) is 27.3. The number of carbonyl (C=O) groups is 2. The molecule has 0 saturated carbocycles. The van der Waals surface area contributed by atoms with Gasteiger partial charge in [0.05, 0.1) is 11.8 Å². The SMILES string of the molecule is CCCCC1(C)C(/C=C/C=C/C=C/C=C2/N(CCC(=O)O)c3ccccc3C2(C)CCCC)=[N+](CCC(=O)O)c2ccccc21. The number of aliphatic carboxylic acids is 2. The second-order valence-electron chi connectivity index (χ2n) is 12.6. The predicted octanol–water partition coefficient (Wildman–Crippen LogP) is 8.70. The Labute approximate surface area is 268 Å². The fourth-order valence-electron chi connectivity index (χ4n) is 7.00. The number of fused-ring (bicyclic) bond motifs is 2. The number of rotatable bonds is 16. The highest BCUT2D eigenvalue weighted by molar-refractivity contribution is 6.03. The van der Waals surface area contributed by atoms with E-state index in [0.29, 0.717) is 13.1 Å². The number of nitrogens with zero attached hydrogens (tertiary/aromatic N) is 2. The van der Waals surface area contributed by atoms with Crippen LogP contribution in [0.1, 0.15) is 90.2 Å². The Morgan fingerprint density at radius 1 is 0.778 bits per heavy atom. The second kappa shape index (κ2) is 15.2. The highest BCUT2D eigenvalue weighted by Gasteiger charge is 2.47. The number of para-hydroxylation sites is 2. The third-order valence-electron chi connectivity index (χ3n) is 9.40. The molecule has 0 fully saturated rings. The van der Waals surface area contributed by atoms with E-state index in [1.54, 1.807) is 0 Å². The Morgan fingerprint density at radius 2 is 1.38 bits per heavy atom. The molecular formula is C39H49N2O4+. The Morgan fingerprint density at radius 3 is 2.07 bits per heavy atom. The van der Waals surface area contributed by atoms with E-state index in [0.717, 1.165) is 61.3 Å². The van der Waals surface area contributed by atoms with Crippen LogP contribution in [0.4, 0.5) is 11.4 Å². The fraction of sp³-hybridized carbons (Fsp3) is 0.410. The summed E-state index contributed by atoms with van der Waals surface area (Å²) < 4.78 is 2.18. The van der Waals surface area contributed by atoms with E-state index >= 15 is 0 Å². The normalized spacial score (nSPS) is 22.0. The molecule has 6 heteroatoms. The van der Waals surface area contributed by atoms with Gasteiger partial charge in [-0.2, -0.15) is 4.58 Å². The van der Waals surface area contributed by atoms with Crippen molar-refractivity contribution in [3.8, 4) is 0 Å². The molecule has 2 atom stereocenters. The molecule has 2 N–H and O–H groups in total. The standard InChI is InChI=1S/C39H48N2O4/c1-5-7-26-38(3)30-18-14-16-20-32(30)40(28-24-36(42)43)34(38)22-12-10-9-11-13-23-35-39(4,27-8-6-2)31-19-15-17-21-33(31)41(35)29-25-37(44)45/h9-23H,5-8,24-29H2,1-4H3,(H-,42,43,44,45)/p+1. The molecule has 0 aromatic heterocycles. The van der Waals surface area contributed by atoms with Crippen molar-refractivity contribution < 1.29 is 24.4 Å². The van der Waals surface area contributed by atoms with Crippen molar-refractivity contribution in [2.75, 3.05) is 18.0 Å². The van der Waals surface area contributed by atoms with Crippen molar-refractivity contribution in [2.45, 2.75) is 89.9 Å². The summed E-state index contributed by atoms with van der Waals surface area (Å²) >= 11 is 0. The number of benzene rings is 2. The third-order valence-corrected chi connectivity index (χ3v) is 9.40. The molecular weight excluding hydrogens is 560 g/mol. The summed E-state index contributed by atoms with van der Waals surface area (Å²) in [5, 5.41) is 18.9. The van der Waals surface area contributed by atoms with Gasteiger partial charge in [-0.05, 0) is 44.4 Å². The van der Waals surface area contributed by atoms with Crippen LogP contribution in [0.15, 0.2) is 96.8 Å². The highest BCUT2D eigenvalue weighted by atomic mass is 16.4. The molecule has 238 valence electrons. The van der Waals surface area contributed by atoms with Crippen molar-refractivity contribution in [3.05, 3.63) is 108 Å². The summed E-state index contributed by atoms with van der Waals surface area (Å²) in [7, 11) is 0. The van der Waals surface area contributed by atoms with Crippen LogP contribution in [-0.2, 0) is 20.4 Å². The van der Waals surface area contributed by atoms with Gasteiger partial charge >= 0.3 is 11.9 Å². The zero-order valence-corrected chi connectivity index (χ0v) is 27.3. The molecule has 2 aromatic carbocycles. The summed E-state index contributed by atoms with van der Waals surface area (Å²) in [6.07, 6.45) is 20.9. The molecule has 0 saturated heterocycles. The van der Waals surface area contributed by atoms with Crippen LogP contribution in [0.25, 0.3) is 0 Å². The summed E-state index contributed by atoms with van der Waals surface area (Å²) in [5.74, 6) is -1.59. The van der Waals surface area contributed by atoms with Crippen LogP contribution in [0.2, 0.25) is 0 Å². The number of unbranched alkanes of at least 4 members (excludes halogenated alkanes) is 2. The fourth-order valence-corrected chi connectivity index (χ4v) is 7.00. The summed E-state index contributed by atoms with van der Waals surface area (Å²) in [4.78, 5) is 25.2. The summed E-state index contributed by atoms with van der Waals surface area (Å²) in [6, 6.07) is 16.8. The Balaban J connectivity index is 1.60. The van der Waals surface area contributed by atoms with E-state index in [9.17, 15) is 19.8 Å². The summed E-state index contributed by atoms with van der Waals surface area (Å²) in [6.45, 7) is 9.83. The Kier molecular flexibility index (Phi) is 11.4. The van der Waals surface area contributed by atoms with E-state index < -0.39 is 11.9 Å². The molecule has 2 aromatic rings. The first-order chi connectivity index (χ1) is 21.7. The van der Waals surface area contributed by atoms with Gasteiger partial charge in [0, 0.05) is 41.1 Å². The number of allylic oxidation sites excluding steroid dienone is 8. The minimum atomic E-state index is -0.796. The molecule has 45 heavy (non-hydrogen) atoms. The molecule has 2 unspecified atom stereocenters. The van der Waals surface area contributed by atoms with Gasteiger partial charge in [-0.25, -0.2) is 0 Å². The monoisotopic (exact) mass is 609 g/mol. The maximum Gasteiger partial charge on any atom is 0.309 e. The van der Waals surface area contributed by atoms with Gasteiger partial charge in [0.1, 0.15) is 6.42 Å². The van der Waals surface area contributed by atoms with Crippen LogP contribution in [0.3, 0.4) is 0 Å². The molecule has 0 bridgehead atoms. The third kappa shape index (κ3) is 7.38. The van der Waals surface area contributed by atoms with Gasteiger partial charge in [0.15, 0.2) is 12.3 Å². The molecule has 0 aliphatic carbocycles. The van der Waals surface area contributed by atoms with Crippen molar-refractivity contribution in [3.63, 3.8) is 0 Å². The van der Waals surface area contributed by atoms with E-state index in [1.807, 2.05) is 42.5 Å². The molecule has 0 spiro atoms. The molecule has 2 aliphatic rings. The smallest absolute Gasteiger partial charge is 0.309 e. The minimum Gasteiger partial charge on any atom is -0.481 e. The van der Waals surface area contributed by atoms with E-state index in [1.165, 1.54) is 11.1 Å². The van der Waals surface area contributed by atoms with Crippen molar-refractivity contribution in [1.29, 1.82) is 0 Å². The topological polar surface area (TPSA) is 80.9 Å². The zero-order chi connectivity index (χ0) is 32.5. The lowest BCUT2D eigenvalue weighted by Crippen LogP contribution is -2.31. The lowest BCUT2D eigenvalue weighted by atomic mass is 9.75. The minimum absolute atomic E-state index is 0.0767. The first kappa shape index (κ1) is 33.7. The van der Waals surface area contributed by atoms with Gasteiger partial charge in [0.2, 0.25) is 5.69 Å². The van der Waals surface area contributed by atoms with Gasteiger partial charge in [-0.1, -0.05) is 106 Å². The van der Waals surface area contributed by atoms with Crippen LogP contribution < -0.4 is 4.90 Å². The van der Waals surface area contributed by atoms with E-state index in [4.69, 9.17) is 0 Å². The number of carboxylic acids is 2. The average Bonchev–Trinajstić information content (AvgIpc) is 3.41. The largest absolute Gasteiger partial charge is 0.481 e. The number of carboxylic acid groups (broad SMARTS) is 2. The van der Waals surface area contributed by atoms with Crippen LogP contribution in [-0.4, -0.2) is 45.5 Å². The highest BCUT2D eigenvalue weighted by Crippen LogP contribution is 2.50. The lowest BCUT2D eigenvalue weighted by Gasteiger charge is -2.30. The average molecular weight is 610 g/mol. The molecule has 6 nitrogen and oxygen atoms in total. The molecule has 2 aliphatic heterocycles. The van der Waals surface area contributed by atoms with E-state index in [2.05, 4.69) is 85.7 Å². The Hall–Kier alpha value is -4.19. The van der Waals surface area contributed by atoms with Gasteiger partial charge < -0.3 is 15.1 Å². The first-order valence-corrected chi connectivity index (χ1v) is 16.4. The first-order valence-electron chi connectivity index (χ1n) is 16.4. The maximum atomic E-state index is 11.5. The van der Waals surface area contributed by atoms with Crippen LogP contribution in [0, 0.1) is 0 Å². The molecule has 2 heterocycles. The number of hydrogen-bond donors (Lipinski definition) is 2. The van der Waals surface area contributed by atoms with Crippen LogP contribution >= 0.6 is 0 Å². The number of hydrogen-bond acceptors (Lipinski definition) is 3. The quantitative estimate of drug-likeness (QED) is 0.147. The Bertz CT molecular complexity index is 1530. The maximum absolute atomic E-state index is 11.5. The predicted molar refractivity (Wildman–Crippen MR) is 184 cm³/mol. The molecule has 0 amide bonds. The summed E-state index contributed by atoms with van der Waals surface area (Å²) in [5.41, 5.74) is 6.63. The van der Waals surface area contributed by atoms with Gasteiger partial charge in [-0.15, -0.1) is 0 Å². The van der Waals surface area contributed by atoms with Gasteiger partial charge in [-0.3, -0.25) is 9.59 Å². The molecule has 0 radical (unpaired) electrons. The van der Waals surface area contributed by atoms with Crippen LogP contribution in [0.5, 0.6) is 0 Å². The second-order valence-corrected chi connectivity index (χ2v) is 12.6. The van der Waals surface area contributed by atoms with Crippen molar-refractivity contribution in [1.82, 2.24) is 0 Å². The molecule has 4 rings (SSSR count).